The van der Waals surface area contributed by atoms with Gasteiger partial charge in [-0.25, -0.2) is 13.8 Å². The van der Waals surface area contributed by atoms with E-state index in [1.54, 1.807) is 0 Å². The van der Waals surface area contributed by atoms with E-state index in [-0.39, 0.29) is 77.2 Å². The smallest absolute Gasteiger partial charge is 0.400 e. The number of amidine groups is 1. The molecule has 3 N–H and O–H groups in total. The number of aromatic nitrogens is 1. The summed E-state index contributed by atoms with van der Waals surface area (Å²) in [5, 5.41) is 7.78. The van der Waals surface area contributed by atoms with E-state index in [9.17, 15) is 44.7 Å². The molecule has 252 valence electrons. The maximum atomic E-state index is 13.1. The van der Waals surface area contributed by atoms with E-state index in [0.717, 1.165) is 6.92 Å². The summed E-state index contributed by atoms with van der Waals surface area (Å²) in [7, 11) is 0. The van der Waals surface area contributed by atoms with Crippen molar-refractivity contribution in [1.29, 1.82) is 0 Å². The van der Waals surface area contributed by atoms with E-state index in [1.807, 2.05) is 0 Å². The molecule has 1 aromatic carbocycles. The highest BCUT2D eigenvalue weighted by Crippen LogP contribution is 2.39. The van der Waals surface area contributed by atoms with Crippen LogP contribution in [0.25, 0.3) is 0 Å². The van der Waals surface area contributed by atoms with Crippen molar-refractivity contribution < 1.29 is 49.4 Å². The Kier molecular flexibility index (Phi) is 10.9. The molecule has 18 heteroatoms. The van der Waals surface area contributed by atoms with Crippen LogP contribution in [0.1, 0.15) is 54.1 Å². The van der Waals surface area contributed by atoms with E-state index in [2.05, 4.69) is 25.9 Å². The van der Waals surface area contributed by atoms with Crippen LogP contribution in [0.4, 0.5) is 46.6 Å². The first-order valence-corrected chi connectivity index (χ1v) is 14.7. The largest absolute Gasteiger partial charge is 0.471 e. The number of fused-ring (bicyclic) bond motifs is 1. The third-order valence-corrected chi connectivity index (χ3v) is 8.28. The molecule has 8 nitrogen and oxygen atoms in total. The molecule has 0 bridgehead atoms. The number of hydrogen-bond acceptors (Lipinski definition) is 6. The molecule has 1 aliphatic carbocycles. The van der Waals surface area contributed by atoms with E-state index in [1.165, 1.54) is 18.2 Å². The van der Waals surface area contributed by atoms with Crippen LogP contribution in [0.3, 0.4) is 0 Å². The van der Waals surface area contributed by atoms with Crippen LogP contribution in [0.2, 0.25) is 10.0 Å². The second-order valence-corrected chi connectivity index (χ2v) is 11.6. The van der Waals surface area contributed by atoms with Crippen molar-refractivity contribution in [3.8, 4) is 5.88 Å². The summed E-state index contributed by atoms with van der Waals surface area (Å²) in [6.45, 7) is -0.718. The second-order valence-electron chi connectivity index (χ2n) is 10.8. The number of hydrogen-bond donors (Lipinski definition) is 3. The summed E-state index contributed by atoms with van der Waals surface area (Å²) >= 11 is 12.7. The Labute approximate surface area is 267 Å². The third kappa shape index (κ3) is 8.69. The number of halogens is 10. The van der Waals surface area contributed by atoms with Crippen LogP contribution in [0.15, 0.2) is 23.2 Å². The predicted molar refractivity (Wildman–Crippen MR) is 153 cm³/mol. The molecule has 46 heavy (non-hydrogen) atoms. The molecular weight excluding hydrogens is 677 g/mol. The number of nitrogens with zero attached hydrogens (tertiary/aromatic N) is 2. The highest BCUT2D eigenvalue weighted by Gasteiger charge is 2.42. The van der Waals surface area contributed by atoms with Crippen molar-refractivity contribution >= 4 is 52.4 Å². The lowest BCUT2D eigenvalue weighted by atomic mass is 9.85. The van der Waals surface area contributed by atoms with Gasteiger partial charge in [-0.3, -0.25) is 9.59 Å². The maximum Gasteiger partial charge on any atom is 0.400 e. The highest BCUT2D eigenvalue weighted by atomic mass is 35.5. The van der Waals surface area contributed by atoms with Crippen LogP contribution >= 0.6 is 23.2 Å². The number of rotatable bonds is 9. The number of carbonyl (C=O) groups excluding carboxylic acids is 2. The molecular formula is C28H27Cl2F8N5O3. The van der Waals surface area contributed by atoms with E-state index < -0.39 is 61.0 Å². The SMILES string of the molecule is CC(C(=O)NCc1ccc(Cl)c(NC2=Nc3nc(OCC(F)F)c(C(=O)NC4CCC(C(F)(F)F)CC4)cc3C2)c1Cl)C(F)(F)F. The minimum atomic E-state index is -4.73. The first-order valence-electron chi connectivity index (χ1n) is 13.9. The molecule has 2 aromatic rings. The Morgan fingerprint density at radius 1 is 1.07 bits per heavy atom. The van der Waals surface area contributed by atoms with Crippen molar-refractivity contribution in [3.05, 3.63) is 44.9 Å². The number of benzene rings is 1. The Morgan fingerprint density at radius 3 is 2.35 bits per heavy atom. The number of ether oxygens (including phenoxy) is 1. The average molecular weight is 704 g/mol. The zero-order chi connectivity index (χ0) is 34.0. The number of alkyl halides is 8. The first kappa shape index (κ1) is 35.5. The highest BCUT2D eigenvalue weighted by molar-refractivity contribution is 6.40. The molecule has 0 spiro atoms. The lowest BCUT2D eigenvalue weighted by Gasteiger charge is -2.30. The number of aliphatic imine (C=N–C) groups is 1. The maximum absolute atomic E-state index is 13.1. The second kappa shape index (κ2) is 14.2. The third-order valence-electron chi connectivity index (χ3n) is 7.54. The van der Waals surface area contributed by atoms with Crippen LogP contribution in [0.5, 0.6) is 5.88 Å². The Bertz CT molecular complexity index is 1490. The van der Waals surface area contributed by atoms with Crippen molar-refractivity contribution in [3.63, 3.8) is 0 Å². The summed E-state index contributed by atoms with van der Waals surface area (Å²) in [4.78, 5) is 33.5. The van der Waals surface area contributed by atoms with Crippen LogP contribution < -0.4 is 20.7 Å². The van der Waals surface area contributed by atoms with Crippen molar-refractivity contribution in [2.45, 2.75) is 70.4 Å². The topological polar surface area (TPSA) is 105 Å². The van der Waals surface area contributed by atoms with Crippen LogP contribution in [-0.4, -0.2) is 54.1 Å². The van der Waals surface area contributed by atoms with Gasteiger partial charge in [0.05, 0.1) is 21.7 Å². The van der Waals surface area contributed by atoms with Gasteiger partial charge in [-0.1, -0.05) is 29.3 Å². The zero-order valence-electron chi connectivity index (χ0n) is 23.9. The van der Waals surface area contributed by atoms with Gasteiger partial charge in [-0.05, 0) is 50.3 Å². The molecule has 2 amide bonds. The molecule has 1 aromatic heterocycles. The molecule has 4 rings (SSSR count). The average Bonchev–Trinajstić information content (AvgIpc) is 3.37. The number of carbonyl (C=O) groups is 2. The molecule has 1 atom stereocenters. The number of nitrogens with one attached hydrogen (secondary N) is 3. The lowest BCUT2D eigenvalue weighted by Crippen LogP contribution is -2.40. The Hall–Kier alpha value is -3.40. The summed E-state index contributed by atoms with van der Waals surface area (Å²) in [6, 6.07) is 3.56. The van der Waals surface area contributed by atoms with Crippen molar-refractivity contribution in [2.24, 2.45) is 16.8 Å². The molecule has 1 fully saturated rings. The fourth-order valence-corrected chi connectivity index (χ4v) is 5.43. The standard InChI is InChI=1S/C28H27Cl2F8N5O3/c1-12(27(33,34)35)24(44)39-10-13-2-7-18(29)22(21(13)30)41-20-9-14-8-17(26(43-23(14)42-20)46-11-19(31)32)25(45)40-16-5-3-15(4-6-16)28(36,37)38/h2,7-8,12,15-16,19H,3-6,9-11H2,1H3,(H,39,44)(H,40,45)(H,41,42,43). The molecule has 2 heterocycles. The van der Waals surface area contributed by atoms with Gasteiger partial charge in [0.2, 0.25) is 11.8 Å². The summed E-state index contributed by atoms with van der Waals surface area (Å²) in [6.07, 6.45) is -12.1. The van der Waals surface area contributed by atoms with Gasteiger partial charge in [-0.2, -0.15) is 31.3 Å². The molecule has 1 saturated carbocycles. The monoisotopic (exact) mass is 703 g/mol. The van der Waals surface area contributed by atoms with E-state index in [0.29, 0.717) is 5.56 Å². The Balaban J connectivity index is 1.49. The lowest BCUT2D eigenvalue weighted by molar-refractivity contribution is -0.182. The normalized spacial score (nSPS) is 18.9. The van der Waals surface area contributed by atoms with Crippen LogP contribution in [-0.2, 0) is 17.8 Å². The minimum Gasteiger partial charge on any atom is -0.471 e. The minimum absolute atomic E-state index is 0.0190. The van der Waals surface area contributed by atoms with Gasteiger partial charge in [0.25, 0.3) is 12.3 Å². The fourth-order valence-electron chi connectivity index (χ4n) is 4.89. The summed E-state index contributed by atoms with van der Waals surface area (Å²) < 4.78 is 109. The summed E-state index contributed by atoms with van der Waals surface area (Å²) in [5.74, 6) is -5.97. The van der Waals surface area contributed by atoms with Crippen molar-refractivity contribution in [1.82, 2.24) is 15.6 Å². The van der Waals surface area contributed by atoms with Gasteiger partial charge >= 0.3 is 12.4 Å². The Morgan fingerprint density at radius 2 is 1.74 bits per heavy atom. The molecule has 2 aliphatic rings. The number of pyridine rings is 1. The van der Waals surface area contributed by atoms with E-state index >= 15 is 0 Å². The van der Waals surface area contributed by atoms with Crippen molar-refractivity contribution in [2.75, 3.05) is 11.9 Å². The van der Waals surface area contributed by atoms with Gasteiger partial charge < -0.3 is 20.7 Å². The molecule has 1 unspecified atom stereocenters. The fraction of sp³-hybridized carbons (Fsp3) is 0.500. The zero-order valence-corrected chi connectivity index (χ0v) is 25.4. The van der Waals surface area contributed by atoms with Gasteiger partial charge in [0.15, 0.2) is 12.4 Å². The van der Waals surface area contributed by atoms with Gasteiger partial charge in [0.1, 0.15) is 17.3 Å². The van der Waals surface area contributed by atoms with Crippen LogP contribution in [0, 0.1) is 11.8 Å². The molecule has 0 radical (unpaired) electrons. The molecule has 1 aliphatic heterocycles. The number of anilines is 1. The quantitative estimate of drug-likeness (QED) is 0.236. The van der Waals surface area contributed by atoms with Gasteiger partial charge in [-0.15, -0.1) is 0 Å². The van der Waals surface area contributed by atoms with Gasteiger partial charge in [0, 0.05) is 24.6 Å². The number of amides is 2. The van der Waals surface area contributed by atoms with E-state index in [4.69, 9.17) is 27.9 Å². The molecule has 0 saturated heterocycles. The first-order chi connectivity index (χ1) is 21.4. The predicted octanol–water partition coefficient (Wildman–Crippen LogP) is 7.40. The summed E-state index contributed by atoms with van der Waals surface area (Å²) in [5.41, 5.74) is 0.494.